The maximum Gasteiger partial charge on any atom is 0.185 e. The molecule has 0 amide bonds. The van der Waals surface area contributed by atoms with Gasteiger partial charge in [-0.1, -0.05) is 64.1 Å². The lowest BCUT2D eigenvalue weighted by molar-refractivity contribution is -0.253. The van der Waals surface area contributed by atoms with Gasteiger partial charge in [-0.15, -0.1) is 0 Å². The van der Waals surface area contributed by atoms with Gasteiger partial charge < -0.3 is 25.4 Å². The second-order valence-electron chi connectivity index (χ2n) is 12.8. The average molecular weight is 550 g/mol. The molecule has 0 aromatic heterocycles. The topological polar surface area (TPSA) is 99.0 Å². The minimum absolute atomic E-state index is 0.0602. The van der Waals surface area contributed by atoms with Crippen LogP contribution in [0.25, 0.3) is 11.1 Å². The van der Waals surface area contributed by atoms with Crippen LogP contribution in [0.1, 0.15) is 64.5 Å². The molecular weight excluding hydrogens is 502 g/mol. The minimum atomic E-state index is -1.68. The molecule has 0 radical (unpaired) electrons. The predicted molar refractivity (Wildman–Crippen MR) is 159 cm³/mol. The zero-order chi connectivity index (χ0) is 29.3. The summed E-state index contributed by atoms with van der Waals surface area (Å²) in [5, 5.41) is 35.7. The minimum Gasteiger partial charge on any atom is -0.508 e. The molecule has 2 fully saturated rings. The smallest absolute Gasteiger partial charge is 0.185 e. The zero-order valence-corrected chi connectivity index (χ0v) is 24.8. The lowest BCUT2D eigenvalue weighted by atomic mass is 9.58. The van der Waals surface area contributed by atoms with E-state index in [2.05, 4.69) is 37.9 Å². The van der Waals surface area contributed by atoms with Crippen LogP contribution in [0.5, 0.6) is 5.75 Å². The summed E-state index contributed by atoms with van der Waals surface area (Å²) in [7, 11) is 1.44. The first kappa shape index (κ1) is 30.4. The summed E-state index contributed by atoms with van der Waals surface area (Å²) in [6, 6.07) is 13.7. The van der Waals surface area contributed by atoms with E-state index in [4.69, 9.17) is 4.74 Å². The highest BCUT2D eigenvalue weighted by molar-refractivity contribution is 5.89. The molecule has 0 spiro atoms. The maximum absolute atomic E-state index is 14.0. The van der Waals surface area contributed by atoms with E-state index < -0.39 is 22.5 Å². The van der Waals surface area contributed by atoms with Crippen LogP contribution < -0.4 is 5.32 Å². The van der Waals surface area contributed by atoms with Gasteiger partial charge in [0.15, 0.2) is 5.79 Å². The number of Topliss-reactive ketones (excluding diaryl/α,β-unsaturated/α-hetero) is 1. The second-order valence-corrected chi connectivity index (χ2v) is 12.8. The number of benzene rings is 2. The van der Waals surface area contributed by atoms with Gasteiger partial charge in [0.1, 0.15) is 11.5 Å². The SMILES string of the molecule is C=C1[C@H]2[C@H](CO)C[C@@](C(=O)CCc3cccc(-c4cc(O)cc(CNCCCC(C)C)c4)c3)(C1(C)C)[C@@]2(O)OC. The number of phenolic OH excluding ortho intramolecular Hbond substituents is 1. The van der Waals surface area contributed by atoms with Crippen molar-refractivity contribution < 1.29 is 24.9 Å². The first-order chi connectivity index (χ1) is 18.9. The Morgan fingerprint density at radius 3 is 2.55 bits per heavy atom. The van der Waals surface area contributed by atoms with E-state index in [0.29, 0.717) is 25.3 Å². The highest BCUT2D eigenvalue weighted by atomic mass is 16.6. The number of carbonyl (C=O) groups excluding carboxylic acids is 1. The number of ketones is 1. The highest BCUT2D eigenvalue weighted by Crippen LogP contribution is 2.73. The van der Waals surface area contributed by atoms with Gasteiger partial charge >= 0.3 is 0 Å². The molecule has 4 N–H and O–H groups in total. The van der Waals surface area contributed by atoms with Crippen LogP contribution in [0.15, 0.2) is 54.6 Å². The molecule has 2 aromatic rings. The number of aromatic hydroxyl groups is 1. The summed E-state index contributed by atoms with van der Waals surface area (Å²) in [5.74, 6) is -1.56. The molecule has 218 valence electrons. The van der Waals surface area contributed by atoms with Gasteiger partial charge in [-0.25, -0.2) is 0 Å². The molecule has 6 heteroatoms. The Hall–Kier alpha value is -2.51. The molecule has 0 saturated heterocycles. The van der Waals surface area contributed by atoms with Gasteiger partial charge in [0, 0.05) is 38.0 Å². The number of aliphatic hydroxyl groups is 2. The van der Waals surface area contributed by atoms with Crippen molar-refractivity contribution in [3.63, 3.8) is 0 Å². The third-order valence-corrected chi connectivity index (χ3v) is 9.68. The predicted octanol–water partition coefficient (Wildman–Crippen LogP) is 5.63. The lowest BCUT2D eigenvalue weighted by Crippen LogP contribution is -2.55. The Morgan fingerprint density at radius 1 is 1.15 bits per heavy atom. The molecule has 0 heterocycles. The summed E-state index contributed by atoms with van der Waals surface area (Å²) in [5.41, 5.74) is 2.88. The van der Waals surface area contributed by atoms with Crippen LogP contribution in [-0.4, -0.2) is 47.2 Å². The number of methoxy groups -OCH3 is 1. The van der Waals surface area contributed by atoms with Gasteiger partial charge in [-0.2, -0.15) is 0 Å². The van der Waals surface area contributed by atoms with Crippen LogP contribution in [0.2, 0.25) is 0 Å². The number of fused-ring (bicyclic) bond motifs is 2. The quantitative estimate of drug-likeness (QED) is 0.147. The van der Waals surface area contributed by atoms with E-state index in [9.17, 15) is 20.1 Å². The van der Waals surface area contributed by atoms with Crippen molar-refractivity contribution in [1.82, 2.24) is 5.32 Å². The summed E-state index contributed by atoms with van der Waals surface area (Å²) < 4.78 is 5.69. The normalized spacial score (nSPS) is 27.1. The number of aliphatic hydroxyl groups excluding tert-OH is 1. The van der Waals surface area contributed by atoms with Crippen LogP contribution in [0.3, 0.4) is 0 Å². The number of carbonyl (C=O) groups is 1. The van der Waals surface area contributed by atoms with E-state index >= 15 is 0 Å². The lowest BCUT2D eigenvalue weighted by Gasteiger charge is -2.46. The summed E-state index contributed by atoms with van der Waals surface area (Å²) in [6.07, 6.45) is 3.44. The summed E-state index contributed by atoms with van der Waals surface area (Å²) in [6.45, 7) is 14.1. The molecule has 0 aliphatic heterocycles. The number of aryl methyl sites for hydroxylation is 1. The standard InChI is InChI=1S/C34H47NO5/c1-22(2)9-8-14-35-20-25-16-27(18-29(37)17-25)26-11-7-10-24(15-26)12-13-30(38)33-19-28(21-36)31(34(33,39)40-6)23(3)32(33,4)5/h7,10-11,15-18,22,28,31,35-37,39H,3,8-9,12-14,19-21H2,1-2,4-6H3/t28-,31-,33+,34-/m0/s1. The first-order valence-electron chi connectivity index (χ1n) is 14.6. The third kappa shape index (κ3) is 5.16. The Morgan fingerprint density at radius 2 is 1.88 bits per heavy atom. The fourth-order valence-corrected chi connectivity index (χ4v) is 7.45. The van der Waals surface area contributed by atoms with Crippen LogP contribution in [0.4, 0.5) is 0 Å². The molecule has 40 heavy (non-hydrogen) atoms. The number of nitrogens with one attached hydrogen (secondary N) is 1. The van der Waals surface area contributed by atoms with Crippen LogP contribution in [-0.2, 0) is 22.5 Å². The van der Waals surface area contributed by atoms with Crippen molar-refractivity contribution in [2.45, 2.75) is 72.1 Å². The molecule has 0 unspecified atom stereocenters. The van der Waals surface area contributed by atoms with Crippen LogP contribution >= 0.6 is 0 Å². The number of hydrogen-bond acceptors (Lipinski definition) is 6. The second kappa shape index (κ2) is 11.8. The highest BCUT2D eigenvalue weighted by Gasteiger charge is 2.79. The van der Waals surface area contributed by atoms with Crippen molar-refractivity contribution in [2.75, 3.05) is 20.3 Å². The van der Waals surface area contributed by atoms with Gasteiger partial charge in [0.05, 0.1) is 5.41 Å². The number of ether oxygens (including phenoxy) is 1. The molecular formula is C34H47NO5. The Kier molecular flexibility index (Phi) is 8.96. The van der Waals surface area contributed by atoms with Crippen molar-refractivity contribution in [1.29, 1.82) is 0 Å². The Bertz CT molecular complexity index is 1240. The van der Waals surface area contributed by atoms with Gasteiger partial charge in [-0.05, 0) is 84.5 Å². The molecule has 2 bridgehead atoms. The average Bonchev–Trinajstić information content (AvgIpc) is 3.26. The van der Waals surface area contributed by atoms with Gasteiger partial charge in [0.2, 0.25) is 0 Å². The third-order valence-electron chi connectivity index (χ3n) is 9.68. The fourth-order valence-electron chi connectivity index (χ4n) is 7.45. The Labute approximate surface area is 239 Å². The maximum atomic E-state index is 14.0. The number of phenols is 1. The largest absolute Gasteiger partial charge is 0.508 e. The number of rotatable bonds is 13. The van der Waals surface area contributed by atoms with Crippen molar-refractivity contribution >= 4 is 5.78 Å². The Balaban J connectivity index is 1.49. The molecule has 4 atom stereocenters. The summed E-state index contributed by atoms with van der Waals surface area (Å²) >= 11 is 0. The monoisotopic (exact) mass is 549 g/mol. The molecule has 2 saturated carbocycles. The zero-order valence-electron chi connectivity index (χ0n) is 24.8. The molecule has 6 nitrogen and oxygen atoms in total. The van der Waals surface area contributed by atoms with Crippen LogP contribution in [0, 0.1) is 28.6 Å². The molecule has 2 aromatic carbocycles. The van der Waals surface area contributed by atoms with Crippen molar-refractivity contribution in [2.24, 2.45) is 28.6 Å². The first-order valence-corrected chi connectivity index (χ1v) is 14.6. The fraction of sp³-hybridized carbons (Fsp3) is 0.559. The van der Waals surface area contributed by atoms with E-state index in [0.717, 1.165) is 40.8 Å². The molecule has 2 aliphatic carbocycles. The van der Waals surface area contributed by atoms with E-state index in [1.807, 2.05) is 32.0 Å². The van der Waals surface area contributed by atoms with E-state index in [-0.39, 0.29) is 30.5 Å². The molecule has 2 aliphatic rings. The number of hydrogen-bond donors (Lipinski definition) is 4. The summed E-state index contributed by atoms with van der Waals surface area (Å²) in [4.78, 5) is 14.0. The van der Waals surface area contributed by atoms with Gasteiger partial charge in [0.25, 0.3) is 0 Å². The van der Waals surface area contributed by atoms with E-state index in [1.165, 1.54) is 13.5 Å². The van der Waals surface area contributed by atoms with Crippen molar-refractivity contribution in [3.05, 3.63) is 65.7 Å². The van der Waals surface area contributed by atoms with Gasteiger partial charge in [-0.3, -0.25) is 4.79 Å². The van der Waals surface area contributed by atoms with E-state index in [1.54, 1.807) is 12.1 Å². The molecule has 4 rings (SSSR count). The van der Waals surface area contributed by atoms with Crippen molar-refractivity contribution in [3.8, 4) is 16.9 Å².